The molecule has 0 aliphatic heterocycles. The Labute approximate surface area is 132 Å². The summed E-state index contributed by atoms with van der Waals surface area (Å²) in [4.78, 5) is 11.6. The fourth-order valence-corrected chi connectivity index (χ4v) is 2.30. The molecule has 0 amide bonds. The van der Waals surface area contributed by atoms with Gasteiger partial charge in [0, 0.05) is 0 Å². The van der Waals surface area contributed by atoms with E-state index < -0.39 is 36.8 Å². The van der Waals surface area contributed by atoms with Gasteiger partial charge < -0.3 is 25.5 Å². The first-order valence-corrected chi connectivity index (χ1v) is 8.32. The number of aliphatic hydroxyl groups excluding tert-OH is 5. The van der Waals surface area contributed by atoms with Crippen LogP contribution >= 0.6 is 0 Å². The number of Topliss-reactive ketones (excluding diaryl/α,β-unsaturated/α-hetero) is 1. The Hall–Kier alpha value is -0.530. The number of hydrogen-bond acceptors (Lipinski definition) is 6. The number of carbonyl (C=O) groups is 1. The topological polar surface area (TPSA) is 118 Å². The van der Waals surface area contributed by atoms with E-state index in [0.717, 1.165) is 19.3 Å². The van der Waals surface area contributed by atoms with Crippen molar-refractivity contribution < 1.29 is 30.3 Å². The molecule has 0 aliphatic rings. The molecule has 5 N–H and O–H groups in total. The van der Waals surface area contributed by atoms with Crippen LogP contribution in [0.5, 0.6) is 0 Å². The summed E-state index contributed by atoms with van der Waals surface area (Å²) in [5.41, 5.74) is 0. The first kappa shape index (κ1) is 21.5. The molecule has 4 atom stereocenters. The fourth-order valence-electron chi connectivity index (χ4n) is 2.30. The number of carbonyl (C=O) groups excluding carboxylic acids is 1. The van der Waals surface area contributed by atoms with Gasteiger partial charge in [-0.05, 0) is 6.42 Å². The zero-order chi connectivity index (χ0) is 17.0. The molecule has 0 aromatic heterocycles. The minimum atomic E-state index is -1.88. The normalized spacial score (nSPS) is 17.0. The van der Waals surface area contributed by atoms with Gasteiger partial charge in [-0.15, -0.1) is 0 Å². The Morgan fingerprint density at radius 2 is 1.23 bits per heavy atom. The number of ketones is 1. The SMILES string of the molecule is CCCCCCCCCCC(O)[C@H](O)C(=O)[C@H](O)[C@H](O)CO. The van der Waals surface area contributed by atoms with E-state index in [9.17, 15) is 20.1 Å². The lowest BCUT2D eigenvalue weighted by atomic mass is 9.97. The highest BCUT2D eigenvalue weighted by molar-refractivity contribution is 5.88. The van der Waals surface area contributed by atoms with Crippen molar-refractivity contribution in [3.8, 4) is 0 Å². The summed E-state index contributed by atoms with van der Waals surface area (Å²) < 4.78 is 0. The Balaban J connectivity index is 3.82. The van der Waals surface area contributed by atoms with Crippen LogP contribution < -0.4 is 0 Å². The zero-order valence-electron chi connectivity index (χ0n) is 13.5. The standard InChI is InChI=1S/C16H32O6/c1-2-3-4-5-6-7-8-9-10-12(18)14(20)16(22)15(21)13(19)11-17/h12-15,17-21H,2-11H2,1H3/t12?,13-,14+,15-/m1/s1. The third-order valence-electron chi connectivity index (χ3n) is 3.85. The minimum absolute atomic E-state index is 0.268. The third-order valence-corrected chi connectivity index (χ3v) is 3.85. The number of hydrogen-bond donors (Lipinski definition) is 5. The summed E-state index contributed by atoms with van der Waals surface area (Å²) in [6.07, 6.45) is 2.52. The van der Waals surface area contributed by atoms with Crippen molar-refractivity contribution in [1.29, 1.82) is 0 Å². The summed E-state index contributed by atoms with van der Waals surface area (Å²) in [6.45, 7) is 1.39. The van der Waals surface area contributed by atoms with Gasteiger partial charge in [0.2, 0.25) is 0 Å². The van der Waals surface area contributed by atoms with E-state index in [1.54, 1.807) is 0 Å². The maximum atomic E-state index is 11.6. The molecule has 0 aliphatic carbocycles. The molecule has 0 saturated carbocycles. The van der Waals surface area contributed by atoms with Gasteiger partial charge in [-0.2, -0.15) is 0 Å². The quantitative estimate of drug-likeness (QED) is 0.298. The fraction of sp³-hybridized carbons (Fsp3) is 0.938. The summed E-state index contributed by atoms with van der Waals surface area (Å²) in [5.74, 6) is -1.06. The average Bonchev–Trinajstić information content (AvgIpc) is 2.54. The Bertz CT molecular complexity index is 284. The monoisotopic (exact) mass is 320 g/mol. The number of aliphatic hydroxyl groups is 5. The second-order valence-corrected chi connectivity index (χ2v) is 5.87. The van der Waals surface area contributed by atoms with Crippen molar-refractivity contribution in [2.24, 2.45) is 0 Å². The maximum absolute atomic E-state index is 11.6. The molecule has 22 heavy (non-hydrogen) atoms. The molecule has 0 bridgehead atoms. The molecule has 6 heteroatoms. The van der Waals surface area contributed by atoms with Gasteiger partial charge in [0.25, 0.3) is 0 Å². The van der Waals surface area contributed by atoms with Gasteiger partial charge >= 0.3 is 0 Å². The van der Waals surface area contributed by atoms with Crippen molar-refractivity contribution in [1.82, 2.24) is 0 Å². The van der Waals surface area contributed by atoms with Crippen LogP contribution in [0.2, 0.25) is 0 Å². The molecule has 6 nitrogen and oxygen atoms in total. The van der Waals surface area contributed by atoms with Crippen LogP contribution in [-0.4, -0.2) is 62.3 Å². The summed E-state index contributed by atoms with van der Waals surface area (Å²) in [5, 5.41) is 46.6. The Morgan fingerprint density at radius 1 is 0.773 bits per heavy atom. The average molecular weight is 320 g/mol. The van der Waals surface area contributed by atoms with E-state index in [1.807, 2.05) is 0 Å². The van der Waals surface area contributed by atoms with E-state index in [-0.39, 0.29) is 6.42 Å². The van der Waals surface area contributed by atoms with E-state index in [1.165, 1.54) is 25.7 Å². The van der Waals surface area contributed by atoms with Gasteiger partial charge in [0.15, 0.2) is 5.78 Å². The molecule has 0 spiro atoms. The largest absolute Gasteiger partial charge is 0.394 e. The first-order valence-electron chi connectivity index (χ1n) is 8.32. The van der Waals surface area contributed by atoms with Crippen LogP contribution in [-0.2, 0) is 4.79 Å². The second kappa shape index (κ2) is 13.0. The van der Waals surface area contributed by atoms with Crippen LogP contribution in [0.1, 0.15) is 64.7 Å². The molecule has 0 aromatic rings. The summed E-state index contributed by atoms with van der Waals surface area (Å²) in [7, 11) is 0. The van der Waals surface area contributed by atoms with Gasteiger partial charge in [-0.3, -0.25) is 4.79 Å². The van der Waals surface area contributed by atoms with E-state index in [4.69, 9.17) is 10.2 Å². The number of rotatable bonds is 14. The van der Waals surface area contributed by atoms with Crippen molar-refractivity contribution in [3.63, 3.8) is 0 Å². The highest BCUT2D eigenvalue weighted by atomic mass is 16.4. The molecule has 1 unspecified atom stereocenters. The molecule has 0 saturated heterocycles. The third kappa shape index (κ3) is 8.80. The van der Waals surface area contributed by atoms with E-state index in [0.29, 0.717) is 6.42 Å². The van der Waals surface area contributed by atoms with Crippen molar-refractivity contribution >= 4 is 5.78 Å². The highest BCUT2D eigenvalue weighted by Crippen LogP contribution is 2.13. The van der Waals surface area contributed by atoms with Crippen molar-refractivity contribution in [3.05, 3.63) is 0 Å². The maximum Gasteiger partial charge on any atom is 0.195 e. The summed E-state index contributed by atoms with van der Waals surface area (Å²) >= 11 is 0. The molecule has 132 valence electrons. The van der Waals surface area contributed by atoms with Crippen LogP contribution in [0, 0.1) is 0 Å². The molecular weight excluding hydrogens is 288 g/mol. The van der Waals surface area contributed by atoms with Gasteiger partial charge in [0.05, 0.1) is 12.7 Å². The molecule has 0 aromatic carbocycles. The minimum Gasteiger partial charge on any atom is -0.394 e. The number of unbranched alkanes of at least 4 members (excludes halogenated alkanes) is 7. The van der Waals surface area contributed by atoms with Crippen LogP contribution in [0.25, 0.3) is 0 Å². The Morgan fingerprint density at radius 3 is 1.73 bits per heavy atom. The molecule has 0 rings (SSSR count). The van der Waals surface area contributed by atoms with Crippen LogP contribution in [0.4, 0.5) is 0 Å². The molecule has 0 radical (unpaired) electrons. The summed E-state index contributed by atoms with van der Waals surface area (Å²) in [6, 6.07) is 0. The van der Waals surface area contributed by atoms with Crippen LogP contribution in [0.3, 0.4) is 0 Å². The van der Waals surface area contributed by atoms with E-state index >= 15 is 0 Å². The first-order chi connectivity index (χ1) is 10.5. The van der Waals surface area contributed by atoms with Crippen molar-refractivity contribution in [2.75, 3.05) is 6.61 Å². The lowest BCUT2D eigenvalue weighted by molar-refractivity contribution is -0.149. The molecule has 0 fully saturated rings. The lowest BCUT2D eigenvalue weighted by Gasteiger charge is -2.21. The van der Waals surface area contributed by atoms with Gasteiger partial charge in [-0.1, -0.05) is 58.3 Å². The highest BCUT2D eigenvalue weighted by Gasteiger charge is 2.32. The zero-order valence-corrected chi connectivity index (χ0v) is 13.5. The molecular formula is C16H32O6. The van der Waals surface area contributed by atoms with Crippen molar-refractivity contribution in [2.45, 2.75) is 89.1 Å². The smallest absolute Gasteiger partial charge is 0.195 e. The lowest BCUT2D eigenvalue weighted by Crippen LogP contribution is -2.46. The van der Waals surface area contributed by atoms with Gasteiger partial charge in [0.1, 0.15) is 18.3 Å². The van der Waals surface area contributed by atoms with E-state index in [2.05, 4.69) is 6.92 Å². The predicted molar refractivity (Wildman–Crippen MR) is 83.3 cm³/mol. The molecule has 0 heterocycles. The van der Waals surface area contributed by atoms with Crippen LogP contribution in [0.15, 0.2) is 0 Å². The van der Waals surface area contributed by atoms with Gasteiger partial charge in [-0.25, -0.2) is 0 Å². The second-order valence-electron chi connectivity index (χ2n) is 5.87. The Kier molecular flexibility index (Phi) is 12.6. The predicted octanol–water partition coefficient (Wildman–Crippen LogP) is 0.522.